The van der Waals surface area contributed by atoms with Crippen LogP contribution in [0.3, 0.4) is 0 Å². The smallest absolute Gasteiger partial charge is 0.262 e. The van der Waals surface area contributed by atoms with Gasteiger partial charge in [-0.1, -0.05) is 17.7 Å². The van der Waals surface area contributed by atoms with Crippen LogP contribution in [0.15, 0.2) is 53.4 Å². The standard InChI is InChI=1S/C22H24ClN5O3S/c1-15-19(23)4-3-5-20(15)32(29,30)27-18-8-6-17(7-9-18)26-21-14-22(25-16(2)24-21)28-10-12-31-13-11-28/h3-9,14,27H,10-13H2,1-2H3,(H,24,25,26). The predicted molar refractivity (Wildman–Crippen MR) is 127 cm³/mol. The second-order valence-electron chi connectivity index (χ2n) is 7.43. The second kappa shape index (κ2) is 9.32. The minimum absolute atomic E-state index is 0.152. The number of ether oxygens (including phenoxy) is 1. The molecule has 0 bridgehead atoms. The average Bonchev–Trinajstić information content (AvgIpc) is 2.77. The average molecular weight is 474 g/mol. The second-order valence-corrected chi connectivity index (χ2v) is 9.49. The molecule has 0 radical (unpaired) electrons. The van der Waals surface area contributed by atoms with Crippen LogP contribution in [0.4, 0.5) is 23.0 Å². The van der Waals surface area contributed by atoms with Crippen LogP contribution in [0.5, 0.6) is 0 Å². The molecule has 0 aliphatic carbocycles. The van der Waals surface area contributed by atoms with Gasteiger partial charge >= 0.3 is 0 Å². The molecular formula is C22H24ClN5O3S. The Morgan fingerprint density at radius 1 is 1.00 bits per heavy atom. The lowest BCUT2D eigenvalue weighted by molar-refractivity contribution is 0.122. The molecule has 0 amide bonds. The number of anilines is 4. The summed E-state index contributed by atoms with van der Waals surface area (Å²) in [5, 5.41) is 3.67. The molecular weight excluding hydrogens is 450 g/mol. The zero-order valence-electron chi connectivity index (χ0n) is 17.8. The van der Waals surface area contributed by atoms with Crippen molar-refractivity contribution in [1.29, 1.82) is 0 Å². The van der Waals surface area contributed by atoms with E-state index in [1.807, 2.05) is 13.0 Å². The van der Waals surface area contributed by atoms with E-state index in [0.717, 1.165) is 24.6 Å². The summed E-state index contributed by atoms with van der Waals surface area (Å²) in [5.41, 5.74) is 1.73. The fraction of sp³-hybridized carbons (Fsp3) is 0.273. The van der Waals surface area contributed by atoms with Gasteiger partial charge in [0.15, 0.2) is 0 Å². The molecule has 10 heteroatoms. The summed E-state index contributed by atoms with van der Waals surface area (Å²) in [5.74, 6) is 2.18. The van der Waals surface area contributed by atoms with Gasteiger partial charge in [-0.15, -0.1) is 0 Å². The maximum atomic E-state index is 12.8. The lowest BCUT2D eigenvalue weighted by Crippen LogP contribution is -2.36. The first-order valence-corrected chi connectivity index (χ1v) is 12.0. The van der Waals surface area contributed by atoms with Crippen LogP contribution in [0.1, 0.15) is 11.4 Å². The van der Waals surface area contributed by atoms with Gasteiger partial charge in [0.05, 0.1) is 18.1 Å². The maximum absolute atomic E-state index is 12.8. The van der Waals surface area contributed by atoms with Crippen molar-refractivity contribution in [2.45, 2.75) is 18.7 Å². The van der Waals surface area contributed by atoms with E-state index in [-0.39, 0.29) is 4.90 Å². The fourth-order valence-corrected chi connectivity index (χ4v) is 4.99. The number of aromatic nitrogens is 2. The third-order valence-corrected chi connectivity index (χ3v) is 7.01. The molecule has 2 aromatic carbocycles. The van der Waals surface area contributed by atoms with Crippen LogP contribution in [0.2, 0.25) is 5.02 Å². The predicted octanol–water partition coefficient (Wildman–Crippen LogP) is 4.13. The molecule has 4 rings (SSSR count). The quantitative estimate of drug-likeness (QED) is 0.555. The molecule has 32 heavy (non-hydrogen) atoms. The van der Waals surface area contributed by atoms with E-state index in [2.05, 4.69) is 24.9 Å². The van der Waals surface area contributed by atoms with Crippen LogP contribution in [0, 0.1) is 13.8 Å². The number of morpholine rings is 1. The van der Waals surface area contributed by atoms with E-state index in [0.29, 0.717) is 41.1 Å². The summed E-state index contributed by atoms with van der Waals surface area (Å²) < 4.78 is 33.5. The normalized spacial score (nSPS) is 14.3. The number of rotatable bonds is 6. The van der Waals surface area contributed by atoms with E-state index < -0.39 is 10.0 Å². The number of nitrogens with zero attached hydrogens (tertiary/aromatic N) is 3. The number of hydrogen-bond donors (Lipinski definition) is 2. The lowest BCUT2D eigenvalue weighted by Gasteiger charge is -2.28. The summed E-state index contributed by atoms with van der Waals surface area (Å²) in [6, 6.07) is 13.7. The number of halogens is 1. The molecule has 0 saturated carbocycles. The molecule has 1 aliphatic heterocycles. The molecule has 0 spiro atoms. The van der Waals surface area contributed by atoms with E-state index >= 15 is 0 Å². The molecule has 8 nitrogen and oxygen atoms in total. The molecule has 0 unspecified atom stereocenters. The highest BCUT2D eigenvalue weighted by atomic mass is 35.5. The number of hydrogen-bond acceptors (Lipinski definition) is 7. The van der Waals surface area contributed by atoms with Crippen LogP contribution in [-0.4, -0.2) is 44.7 Å². The highest BCUT2D eigenvalue weighted by Crippen LogP contribution is 2.26. The molecule has 1 aliphatic rings. The fourth-order valence-electron chi connectivity index (χ4n) is 3.43. The minimum atomic E-state index is -3.75. The largest absolute Gasteiger partial charge is 0.378 e. The first kappa shape index (κ1) is 22.3. The van der Waals surface area contributed by atoms with Gasteiger partial charge in [0.1, 0.15) is 17.5 Å². The first-order valence-electron chi connectivity index (χ1n) is 10.2. The molecule has 1 saturated heterocycles. The van der Waals surface area contributed by atoms with Crippen molar-refractivity contribution in [1.82, 2.24) is 9.97 Å². The number of benzene rings is 2. The lowest BCUT2D eigenvalue weighted by atomic mass is 10.2. The van der Waals surface area contributed by atoms with E-state index in [4.69, 9.17) is 16.3 Å². The topological polar surface area (TPSA) is 96.5 Å². The molecule has 3 aromatic rings. The Kier molecular flexibility index (Phi) is 6.50. The first-order chi connectivity index (χ1) is 15.3. The number of aryl methyl sites for hydroxylation is 1. The molecule has 0 atom stereocenters. The van der Waals surface area contributed by atoms with Crippen molar-refractivity contribution in [3.63, 3.8) is 0 Å². The van der Waals surface area contributed by atoms with Crippen molar-refractivity contribution in [3.8, 4) is 0 Å². The zero-order chi connectivity index (χ0) is 22.7. The van der Waals surface area contributed by atoms with Crippen molar-refractivity contribution in [3.05, 3.63) is 64.9 Å². The Labute approximate surface area is 192 Å². The van der Waals surface area contributed by atoms with Gasteiger partial charge in [0, 0.05) is 35.6 Å². The van der Waals surface area contributed by atoms with Gasteiger partial charge in [-0.3, -0.25) is 4.72 Å². The van der Waals surface area contributed by atoms with Gasteiger partial charge in [-0.05, 0) is 55.8 Å². The third-order valence-electron chi connectivity index (χ3n) is 5.08. The molecule has 2 heterocycles. The van der Waals surface area contributed by atoms with Crippen LogP contribution in [0.25, 0.3) is 0 Å². The number of sulfonamides is 1. The van der Waals surface area contributed by atoms with E-state index in [1.165, 1.54) is 6.07 Å². The van der Waals surface area contributed by atoms with Gasteiger partial charge < -0.3 is 15.0 Å². The van der Waals surface area contributed by atoms with Crippen LogP contribution >= 0.6 is 11.6 Å². The van der Waals surface area contributed by atoms with Crippen molar-refractivity contribution in [2.24, 2.45) is 0 Å². The maximum Gasteiger partial charge on any atom is 0.262 e. The Bertz CT molecular complexity index is 1210. The SMILES string of the molecule is Cc1nc(Nc2ccc(NS(=O)(=O)c3cccc(Cl)c3C)cc2)cc(N2CCOCC2)n1. The Balaban J connectivity index is 1.48. The van der Waals surface area contributed by atoms with E-state index in [1.54, 1.807) is 43.3 Å². The minimum Gasteiger partial charge on any atom is -0.378 e. The van der Waals surface area contributed by atoms with Crippen molar-refractivity contribution in [2.75, 3.05) is 41.2 Å². The zero-order valence-corrected chi connectivity index (χ0v) is 19.4. The molecule has 2 N–H and O–H groups in total. The summed E-state index contributed by atoms with van der Waals surface area (Å²) in [6.07, 6.45) is 0. The molecule has 1 aromatic heterocycles. The van der Waals surface area contributed by atoms with Crippen LogP contribution in [-0.2, 0) is 14.8 Å². The third kappa shape index (κ3) is 5.12. The summed E-state index contributed by atoms with van der Waals surface area (Å²) in [6.45, 7) is 6.47. The number of nitrogens with one attached hydrogen (secondary N) is 2. The Morgan fingerprint density at radius 2 is 1.69 bits per heavy atom. The van der Waals surface area contributed by atoms with Gasteiger partial charge in [-0.2, -0.15) is 0 Å². The van der Waals surface area contributed by atoms with Gasteiger partial charge in [-0.25, -0.2) is 18.4 Å². The monoisotopic (exact) mass is 473 g/mol. The molecule has 1 fully saturated rings. The summed E-state index contributed by atoms with van der Waals surface area (Å²) in [7, 11) is -3.75. The van der Waals surface area contributed by atoms with Gasteiger partial charge in [0.25, 0.3) is 10.0 Å². The van der Waals surface area contributed by atoms with E-state index in [9.17, 15) is 8.42 Å². The van der Waals surface area contributed by atoms with Crippen molar-refractivity contribution >= 4 is 44.6 Å². The summed E-state index contributed by atoms with van der Waals surface area (Å²) in [4.78, 5) is 11.3. The van der Waals surface area contributed by atoms with Gasteiger partial charge in [0.2, 0.25) is 0 Å². The highest BCUT2D eigenvalue weighted by molar-refractivity contribution is 7.92. The Hall–Kier alpha value is -2.88. The highest BCUT2D eigenvalue weighted by Gasteiger charge is 2.18. The Morgan fingerprint density at radius 3 is 2.41 bits per heavy atom. The van der Waals surface area contributed by atoms with Crippen molar-refractivity contribution < 1.29 is 13.2 Å². The molecule has 168 valence electrons. The summed E-state index contributed by atoms with van der Waals surface area (Å²) >= 11 is 6.07. The van der Waals surface area contributed by atoms with Crippen LogP contribution < -0.4 is 14.9 Å².